The number of thioether (sulfide) groups is 1. The van der Waals surface area contributed by atoms with Crippen LogP contribution in [0.5, 0.6) is 0 Å². The topological polar surface area (TPSA) is 104 Å². The molecule has 0 spiro atoms. The lowest BCUT2D eigenvalue weighted by atomic mass is 9.90. The highest BCUT2D eigenvalue weighted by Gasteiger charge is 2.65. The molecule has 0 unspecified atom stereocenters. The van der Waals surface area contributed by atoms with E-state index in [4.69, 9.17) is 4.74 Å². The molecule has 0 saturated carbocycles. The van der Waals surface area contributed by atoms with E-state index < -0.39 is 46.7 Å². The molecule has 0 aromatic heterocycles. The van der Waals surface area contributed by atoms with Gasteiger partial charge in [-0.05, 0) is 19.1 Å². The van der Waals surface area contributed by atoms with E-state index in [0.29, 0.717) is 0 Å². The highest BCUT2D eigenvalue weighted by Crippen LogP contribution is 2.45. The molecule has 8 nitrogen and oxygen atoms in total. The van der Waals surface area contributed by atoms with Gasteiger partial charge in [0.25, 0.3) is 17.7 Å². The highest BCUT2D eigenvalue weighted by atomic mass is 32.2. The zero-order valence-corrected chi connectivity index (χ0v) is 14.9. The van der Waals surface area contributed by atoms with Crippen LogP contribution in [-0.4, -0.2) is 74.5 Å². The van der Waals surface area contributed by atoms with E-state index in [-0.39, 0.29) is 16.9 Å². The third-order valence-corrected chi connectivity index (χ3v) is 6.57. The number of amides is 3. The number of aliphatic hydroxyl groups is 1. The minimum absolute atomic E-state index is 0.168. The van der Waals surface area contributed by atoms with E-state index in [1.165, 1.54) is 30.7 Å². The summed E-state index contributed by atoms with van der Waals surface area (Å²) in [5.74, 6) is -2.14. The van der Waals surface area contributed by atoms with Crippen molar-refractivity contribution >= 4 is 35.5 Å². The predicted octanol–water partition coefficient (Wildman–Crippen LogP) is -0.141. The molecule has 3 aliphatic rings. The summed E-state index contributed by atoms with van der Waals surface area (Å²) in [6.45, 7) is 1.46. The maximum atomic E-state index is 12.8. The van der Waals surface area contributed by atoms with Crippen LogP contribution < -0.4 is 0 Å². The van der Waals surface area contributed by atoms with Crippen LogP contribution in [0.3, 0.4) is 0 Å². The number of nitrogens with zero attached hydrogens (tertiary/aromatic N) is 2. The van der Waals surface area contributed by atoms with Gasteiger partial charge >= 0.3 is 5.97 Å². The molecule has 9 heteroatoms. The van der Waals surface area contributed by atoms with Gasteiger partial charge in [0.15, 0.2) is 6.04 Å². The summed E-state index contributed by atoms with van der Waals surface area (Å²) in [7, 11) is 1.18. The number of benzene rings is 1. The van der Waals surface area contributed by atoms with E-state index in [1.807, 2.05) is 0 Å². The van der Waals surface area contributed by atoms with E-state index in [9.17, 15) is 24.3 Å². The lowest BCUT2D eigenvalue weighted by Crippen LogP contribution is -2.79. The molecule has 3 amide bonds. The van der Waals surface area contributed by atoms with Crippen LogP contribution in [0.15, 0.2) is 24.3 Å². The minimum atomic E-state index is -1.46. The molecule has 136 valence electrons. The number of carbonyl (C=O) groups is 4. The molecule has 3 aliphatic heterocycles. The van der Waals surface area contributed by atoms with Gasteiger partial charge < -0.3 is 14.7 Å². The van der Waals surface area contributed by atoms with E-state index >= 15 is 0 Å². The molecule has 2 saturated heterocycles. The van der Waals surface area contributed by atoms with Crippen LogP contribution >= 0.6 is 11.8 Å². The standard InChI is InChI=1S/C17H16N2O6S/c1-17(24)7-26-15-10(14(22)19(15)11(17)16(23)25-2)18-12(20)8-5-3-4-6-9(8)13(18)21/h3-6,10-11,15,24H,7H2,1-2H3/t10-,11+,15-,17-/m1/s1. The van der Waals surface area contributed by atoms with Crippen molar-refractivity contribution in [3.8, 4) is 0 Å². The Labute approximate surface area is 153 Å². The van der Waals surface area contributed by atoms with Gasteiger partial charge in [-0.1, -0.05) is 12.1 Å². The fourth-order valence-corrected chi connectivity index (χ4v) is 5.20. The second-order valence-electron chi connectivity index (χ2n) is 6.70. The van der Waals surface area contributed by atoms with Crippen LogP contribution in [0.25, 0.3) is 0 Å². The molecular formula is C17H16N2O6S. The largest absolute Gasteiger partial charge is 0.467 e. The molecule has 1 N–H and O–H groups in total. The zero-order chi connectivity index (χ0) is 18.8. The van der Waals surface area contributed by atoms with Crippen molar-refractivity contribution in [2.45, 2.75) is 30.0 Å². The molecule has 3 heterocycles. The van der Waals surface area contributed by atoms with Crippen molar-refractivity contribution in [3.63, 3.8) is 0 Å². The van der Waals surface area contributed by atoms with Crippen LogP contribution in [0.4, 0.5) is 0 Å². The average molecular weight is 376 g/mol. The third kappa shape index (κ3) is 2.07. The fraction of sp³-hybridized carbons (Fsp3) is 0.412. The van der Waals surface area contributed by atoms with Gasteiger partial charge in [0.1, 0.15) is 17.0 Å². The van der Waals surface area contributed by atoms with Gasteiger partial charge in [-0.25, -0.2) is 4.79 Å². The Hall–Kier alpha value is -2.39. The number of ether oxygens (including phenoxy) is 1. The predicted molar refractivity (Wildman–Crippen MR) is 90.2 cm³/mol. The van der Waals surface area contributed by atoms with Crippen molar-refractivity contribution in [3.05, 3.63) is 35.4 Å². The molecule has 1 aromatic rings. The van der Waals surface area contributed by atoms with Crippen LogP contribution in [0.1, 0.15) is 27.6 Å². The molecule has 26 heavy (non-hydrogen) atoms. The van der Waals surface area contributed by atoms with Gasteiger partial charge in [-0.2, -0.15) is 0 Å². The number of methoxy groups -OCH3 is 1. The third-order valence-electron chi connectivity index (χ3n) is 4.99. The monoisotopic (exact) mass is 376 g/mol. The second kappa shape index (κ2) is 5.55. The van der Waals surface area contributed by atoms with Crippen molar-refractivity contribution in [1.29, 1.82) is 0 Å². The minimum Gasteiger partial charge on any atom is -0.467 e. The summed E-state index contributed by atoms with van der Waals surface area (Å²) in [6.07, 6.45) is 0. The summed E-state index contributed by atoms with van der Waals surface area (Å²) in [5, 5.41) is 9.92. The number of β-lactam (4-membered cyclic amide) rings is 1. The van der Waals surface area contributed by atoms with Crippen molar-refractivity contribution in [1.82, 2.24) is 9.80 Å². The quantitative estimate of drug-likeness (QED) is 0.435. The number of hydrogen-bond acceptors (Lipinski definition) is 7. The first-order chi connectivity index (χ1) is 12.3. The first-order valence-electron chi connectivity index (χ1n) is 8.00. The molecule has 4 rings (SSSR count). The Morgan fingerprint density at radius 3 is 2.35 bits per heavy atom. The normalized spacial score (nSPS) is 32.9. The van der Waals surface area contributed by atoms with Crippen molar-refractivity contribution < 1.29 is 29.0 Å². The Morgan fingerprint density at radius 2 is 1.81 bits per heavy atom. The van der Waals surface area contributed by atoms with E-state index in [1.54, 1.807) is 24.3 Å². The Kier molecular flexibility index (Phi) is 3.64. The lowest BCUT2D eigenvalue weighted by Gasteiger charge is -2.57. The zero-order valence-electron chi connectivity index (χ0n) is 14.0. The van der Waals surface area contributed by atoms with E-state index in [2.05, 4.69) is 0 Å². The lowest BCUT2D eigenvalue weighted by molar-refractivity contribution is -0.178. The van der Waals surface area contributed by atoms with Gasteiger partial charge in [0, 0.05) is 5.75 Å². The smallest absolute Gasteiger partial charge is 0.331 e. The summed E-state index contributed by atoms with van der Waals surface area (Å²) in [6, 6.07) is 4.25. The maximum absolute atomic E-state index is 12.8. The average Bonchev–Trinajstić information content (AvgIpc) is 2.86. The molecule has 0 aliphatic carbocycles. The number of carbonyl (C=O) groups excluding carboxylic acids is 4. The molecule has 2 fully saturated rings. The molecule has 0 radical (unpaired) electrons. The van der Waals surface area contributed by atoms with Gasteiger partial charge in [-0.3, -0.25) is 19.3 Å². The first-order valence-corrected chi connectivity index (χ1v) is 9.05. The van der Waals surface area contributed by atoms with E-state index in [0.717, 1.165) is 4.90 Å². The Bertz CT molecular complexity index is 818. The first kappa shape index (κ1) is 17.0. The number of hydrogen-bond donors (Lipinski definition) is 1. The highest BCUT2D eigenvalue weighted by molar-refractivity contribution is 8.00. The van der Waals surface area contributed by atoms with Crippen molar-refractivity contribution in [2.24, 2.45) is 0 Å². The summed E-state index contributed by atoms with van der Waals surface area (Å²) in [5.41, 5.74) is -0.932. The molecule has 1 aromatic carbocycles. The van der Waals surface area contributed by atoms with Crippen LogP contribution in [-0.2, 0) is 14.3 Å². The fourth-order valence-electron chi connectivity index (χ4n) is 3.73. The number of fused-ring (bicyclic) bond motifs is 2. The van der Waals surface area contributed by atoms with Gasteiger partial charge in [0.05, 0.1) is 18.2 Å². The van der Waals surface area contributed by atoms with Crippen LogP contribution in [0, 0.1) is 0 Å². The molecule has 0 bridgehead atoms. The Morgan fingerprint density at radius 1 is 1.23 bits per heavy atom. The molecular weight excluding hydrogens is 360 g/mol. The van der Waals surface area contributed by atoms with Crippen LogP contribution in [0.2, 0.25) is 0 Å². The van der Waals surface area contributed by atoms with Gasteiger partial charge in [-0.15, -0.1) is 11.8 Å². The van der Waals surface area contributed by atoms with Gasteiger partial charge in [0.2, 0.25) is 0 Å². The molecule has 4 atom stereocenters. The summed E-state index contributed by atoms with van der Waals surface area (Å²) < 4.78 is 4.73. The number of esters is 1. The Balaban J connectivity index is 1.66. The number of imide groups is 1. The maximum Gasteiger partial charge on any atom is 0.331 e. The number of rotatable bonds is 2. The van der Waals surface area contributed by atoms with Crippen molar-refractivity contribution in [2.75, 3.05) is 12.9 Å². The second-order valence-corrected chi connectivity index (χ2v) is 7.81. The summed E-state index contributed by atoms with van der Waals surface area (Å²) >= 11 is 1.23. The summed E-state index contributed by atoms with van der Waals surface area (Å²) in [4.78, 5) is 52.4. The SMILES string of the molecule is COC(=O)[C@@H]1N2C(=O)[C@@H](N3C(=O)c4ccccc4C3=O)[C@H]2SC[C@@]1(C)O.